The molecule has 7 nitrogen and oxygen atoms in total. The van der Waals surface area contributed by atoms with Gasteiger partial charge >= 0.3 is 5.97 Å². The summed E-state index contributed by atoms with van der Waals surface area (Å²) in [7, 11) is 0. The zero-order valence-corrected chi connectivity index (χ0v) is 20.1. The molecule has 0 spiro atoms. The lowest BCUT2D eigenvalue weighted by Gasteiger charge is -2.24. The number of carbonyl (C=O) groups is 3. The molecule has 0 radical (unpaired) electrons. The number of nitrogens with zero attached hydrogens (tertiary/aromatic N) is 2. The third kappa shape index (κ3) is 4.78. The Hall–Kier alpha value is -3.68. The summed E-state index contributed by atoms with van der Waals surface area (Å²) in [6.07, 6.45) is 2.22. The Labute approximate surface area is 211 Å². The lowest BCUT2D eigenvalue weighted by Crippen LogP contribution is -2.29. The SMILES string of the molecule is CCCOC(=O)c1ccc(N2C(=O)C(=O)/C(=C(\O)c3ccc(Cl)c(Cl)c3)C2c2ccccn2)cc1. The first-order chi connectivity index (χ1) is 16.8. The fourth-order valence-electron chi connectivity index (χ4n) is 3.75. The maximum atomic E-state index is 13.2. The number of hydrogen-bond acceptors (Lipinski definition) is 6. The van der Waals surface area contributed by atoms with Crippen LogP contribution in [0, 0.1) is 0 Å². The van der Waals surface area contributed by atoms with E-state index in [9.17, 15) is 19.5 Å². The molecule has 178 valence electrons. The predicted molar refractivity (Wildman–Crippen MR) is 132 cm³/mol. The van der Waals surface area contributed by atoms with Crippen LogP contribution in [0.4, 0.5) is 5.69 Å². The predicted octanol–water partition coefficient (Wildman–Crippen LogP) is 5.58. The summed E-state index contributed by atoms with van der Waals surface area (Å²) in [5.41, 5.74) is 1.12. The quantitative estimate of drug-likeness (QED) is 0.201. The van der Waals surface area contributed by atoms with Crippen molar-refractivity contribution in [2.45, 2.75) is 19.4 Å². The number of anilines is 1. The lowest BCUT2D eigenvalue weighted by atomic mass is 9.98. The molecule has 0 aliphatic carbocycles. The largest absolute Gasteiger partial charge is 0.507 e. The highest BCUT2D eigenvalue weighted by Gasteiger charge is 2.47. The number of carbonyl (C=O) groups excluding carboxylic acids is 3. The molecule has 2 aromatic carbocycles. The number of esters is 1. The van der Waals surface area contributed by atoms with Gasteiger partial charge in [0.05, 0.1) is 33.5 Å². The van der Waals surface area contributed by atoms with Crippen LogP contribution in [0.25, 0.3) is 5.76 Å². The number of ether oxygens (including phenoxy) is 1. The van der Waals surface area contributed by atoms with E-state index in [2.05, 4.69) is 4.98 Å². The maximum absolute atomic E-state index is 13.2. The van der Waals surface area contributed by atoms with E-state index in [0.717, 1.165) is 0 Å². The summed E-state index contributed by atoms with van der Waals surface area (Å²) in [6, 6.07) is 14.6. The minimum Gasteiger partial charge on any atom is -0.507 e. The van der Waals surface area contributed by atoms with Gasteiger partial charge in [-0.25, -0.2) is 4.79 Å². The number of aliphatic hydroxyl groups excluding tert-OH is 1. The summed E-state index contributed by atoms with van der Waals surface area (Å²) in [6.45, 7) is 2.19. The second kappa shape index (κ2) is 10.3. The van der Waals surface area contributed by atoms with Gasteiger partial charge in [-0.1, -0.05) is 36.2 Å². The topological polar surface area (TPSA) is 96.8 Å². The Bertz CT molecular complexity index is 1320. The van der Waals surface area contributed by atoms with Crippen molar-refractivity contribution in [2.75, 3.05) is 11.5 Å². The number of rotatable bonds is 6. The zero-order valence-electron chi connectivity index (χ0n) is 18.6. The molecule has 1 fully saturated rings. The van der Waals surface area contributed by atoms with Crippen LogP contribution in [0.3, 0.4) is 0 Å². The molecule has 1 aromatic heterocycles. The number of amides is 1. The van der Waals surface area contributed by atoms with E-state index in [1.165, 1.54) is 41.4 Å². The first-order valence-corrected chi connectivity index (χ1v) is 11.5. The smallest absolute Gasteiger partial charge is 0.338 e. The van der Waals surface area contributed by atoms with Crippen molar-refractivity contribution in [3.8, 4) is 0 Å². The Morgan fingerprint density at radius 2 is 1.74 bits per heavy atom. The third-order valence-corrected chi connectivity index (χ3v) is 6.16. The first kappa shape index (κ1) is 24.4. The zero-order chi connectivity index (χ0) is 25.1. The molecule has 1 amide bonds. The molecule has 35 heavy (non-hydrogen) atoms. The molecular formula is C26H20Cl2N2O5. The van der Waals surface area contributed by atoms with Crippen LogP contribution in [0.15, 0.2) is 72.4 Å². The van der Waals surface area contributed by atoms with E-state index < -0.39 is 29.5 Å². The van der Waals surface area contributed by atoms with Crippen molar-refractivity contribution in [2.24, 2.45) is 0 Å². The molecule has 4 rings (SSSR count). The second-order valence-corrected chi connectivity index (χ2v) is 8.55. The molecule has 0 saturated carbocycles. The van der Waals surface area contributed by atoms with Gasteiger partial charge in [-0.15, -0.1) is 0 Å². The monoisotopic (exact) mass is 510 g/mol. The van der Waals surface area contributed by atoms with Gasteiger partial charge in [-0.2, -0.15) is 0 Å². The van der Waals surface area contributed by atoms with Crippen molar-refractivity contribution < 1.29 is 24.2 Å². The van der Waals surface area contributed by atoms with Gasteiger partial charge in [-0.05, 0) is 61.0 Å². The highest BCUT2D eigenvalue weighted by molar-refractivity contribution is 6.51. The van der Waals surface area contributed by atoms with Crippen LogP contribution in [0.2, 0.25) is 10.0 Å². The van der Waals surface area contributed by atoms with Gasteiger partial charge in [-0.3, -0.25) is 19.5 Å². The number of ketones is 1. The van der Waals surface area contributed by atoms with Crippen LogP contribution in [-0.2, 0) is 14.3 Å². The molecule has 1 N–H and O–H groups in total. The average Bonchev–Trinajstić information content (AvgIpc) is 3.14. The number of benzene rings is 2. The van der Waals surface area contributed by atoms with E-state index in [0.29, 0.717) is 30.0 Å². The Morgan fingerprint density at radius 3 is 2.37 bits per heavy atom. The number of hydrogen-bond donors (Lipinski definition) is 1. The Morgan fingerprint density at radius 1 is 1.03 bits per heavy atom. The van der Waals surface area contributed by atoms with Gasteiger partial charge in [0.2, 0.25) is 0 Å². The number of pyridine rings is 1. The molecule has 9 heteroatoms. The minimum absolute atomic E-state index is 0.140. The summed E-state index contributed by atoms with van der Waals surface area (Å²) in [5.74, 6) is -2.61. The lowest BCUT2D eigenvalue weighted by molar-refractivity contribution is -0.132. The van der Waals surface area contributed by atoms with Gasteiger partial charge in [0.1, 0.15) is 11.8 Å². The average molecular weight is 511 g/mol. The highest BCUT2D eigenvalue weighted by atomic mass is 35.5. The summed E-state index contributed by atoms with van der Waals surface area (Å²) >= 11 is 12.1. The molecule has 1 unspecified atom stereocenters. The molecule has 0 bridgehead atoms. The van der Waals surface area contributed by atoms with E-state index in [-0.39, 0.29) is 21.2 Å². The number of Topliss-reactive ketones (excluding diaryl/α,β-unsaturated/α-hetero) is 1. The molecule has 3 aromatic rings. The van der Waals surface area contributed by atoms with Gasteiger partial charge in [0.25, 0.3) is 11.7 Å². The Balaban J connectivity index is 1.82. The first-order valence-electron chi connectivity index (χ1n) is 10.8. The fraction of sp³-hybridized carbons (Fsp3) is 0.154. The van der Waals surface area contributed by atoms with Crippen molar-refractivity contribution in [3.05, 3.63) is 99.3 Å². The normalized spacial score (nSPS) is 17.0. The van der Waals surface area contributed by atoms with E-state index >= 15 is 0 Å². The van der Waals surface area contributed by atoms with Crippen molar-refractivity contribution in [3.63, 3.8) is 0 Å². The number of aromatic nitrogens is 1. The minimum atomic E-state index is -1.01. The maximum Gasteiger partial charge on any atom is 0.338 e. The summed E-state index contributed by atoms with van der Waals surface area (Å²) in [4.78, 5) is 44.1. The van der Waals surface area contributed by atoms with Crippen molar-refractivity contribution >= 4 is 52.3 Å². The van der Waals surface area contributed by atoms with Gasteiger partial charge in [0.15, 0.2) is 0 Å². The summed E-state index contributed by atoms with van der Waals surface area (Å²) < 4.78 is 5.14. The molecule has 1 aliphatic rings. The molecule has 1 atom stereocenters. The van der Waals surface area contributed by atoms with Crippen LogP contribution in [-0.4, -0.2) is 34.4 Å². The highest BCUT2D eigenvalue weighted by Crippen LogP contribution is 2.42. The third-order valence-electron chi connectivity index (χ3n) is 5.42. The van der Waals surface area contributed by atoms with Crippen LogP contribution < -0.4 is 4.90 Å². The van der Waals surface area contributed by atoms with E-state index in [1.807, 2.05) is 6.92 Å². The van der Waals surface area contributed by atoms with Crippen molar-refractivity contribution in [1.82, 2.24) is 4.98 Å². The number of halogens is 2. The second-order valence-electron chi connectivity index (χ2n) is 7.74. The molecule has 2 heterocycles. The fourth-order valence-corrected chi connectivity index (χ4v) is 4.05. The Kier molecular flexibility index (Phi) is 7.19. The van der Waals surface area contributed by atoms with Crippen LogP contribution in [0.1, 0.15) is 41.0 Å². The van der Waals surface area contributed by atoms with Gasteiger partial charge < -0.3 is 9.84 Å². The summed E-state index contributed by atoms with van der Waals surface area (Å²) in [5, 5.41) is 11.6. The molecule has 1 saturated heterocycles. The van der Waals surface area contributed by atoms with Crippen LogP contribution >= 0.6 is 23.2 Å². The molecular weight excluding hydrogens is 491 g/mol. The van der Waals surface area contributed by atoms with Crippen molar-refractivity contribution in [1.29, 1.82) is 0 Å². The van der Waals surface area contributed by atoms with E-state index in [4.69, 9.17) is 27.9 Å². The standard InChI is InChI=1S/C26H20Cl2N2O5/c1-2-13-35-26(34)15-6-9-17(10-7-15)30-22(20-5-3-4-12-29-20)21(24(32)25(30)33)23(31)16-8-11-18(27)19(28)14-16/h3-12,14,22,31H,2,13H2,1H3/b23-21-. The van der Waals surface area contributed by atoms with Gasteiger partial charge in [0, 0.05) is 17.4 Å². The van der Waals surface area contributed by atoms with E-state index in [1.54, 1.807) is 30.3 Å². The van der Waals surface area contributed by atoms with Crippen LogP contribution in [0.5, 0.6) is 0 Å². The molecule has 1 aliphatic heterocycles. The number of aliphatic hydroxyl groups is 1.